The van der Waals surface area contributed by atoms with Crippen molar-refractivity contribution in [1.82, 2.24) is 5.32 Å². The first-order valence-corrected chi connectivity index (χ1v) is 10.8. The molecule has 0 aromatic heterocycles. The lowest BCUT2D eigenvalue weighted by molar-refractivity contribution is -0.127. The number of hydrogen-bond acceptors (Lipinski definition) is 3. The van der Waals surface area contributed by atoms with Crippen molar-refractivity contribution in [2.45, 2.75) is 39.0 Å². The molecule has 1 amide bonds. The Balaban J connectivity index is 1.75. The number of carbonyl (C=O) groups is 1. The van der Waals surface area contributed by atoms with Crippen molar-refractivity contribution < 1.29 is 9.53 Å². The van der Waals surface area contributed by atoms with Crippen molar-refractivity contribution in [3.63, 3.8) is 0 Å². The number of ether oxygens (including phenoxy) is 1. The summed E-state index contributed by atoms with van der Waals surface area (Å²) in [7, 11) is 0. The zero-order valence-corrected chi connectivity index (χ0v) is 18.2. The number of aryl methyl sites for hydroxylation is 2. The first-order chi connectivity index (χ1) is 12.9. The van der Waals surface area contributed by atoms with Gasteiger partial charge in [0.25, 0.3) is 5.91 Å². The Labute approximate surface area is 175 Å². The van der Waals surface area contributed by atoms with Crippen LogP contribution in [0.25, 0.3) is 0 Å². The van der Waals surface area contributed by atoms with E-state index in [1.54, 1.807) is 17.8 Å². The summed E-state index contributed by atoms with van der Waals surface area (Å²) >= 11 is 13.7. The molecule has 0 aliphatic heterocycles. The molecule has 1 atom stereocenters. The van der Waals surface area contributed by atoms with E-state index in [-0.39, 0.29) is 5.91 Å². The lowest BCUT2D eigenvalue weighted by Gasteiger charge is -2.18. The molecule has 0 radical (unpaired) electrons. The van der Waals surface area contributed by atoms with E-state index in [0.717, 1.165) is 33.9 Å². The SMILES string of the molecule is CC[C@@H](Oc1cc(C)cc(C)c1)C(=O)NCCSCc1ccc(Cl)c(Cl)c1. The fourth-order valence-corrected chi connectivity index (χ4v) is 3.79. The number of hydrogen-bond donors (Lipinski definition) is 1. The minimum absolute atomic E-state index is 0.0770. The predicted octanol–water partition coefficient (Wildman–Crippen LogP) is 5.82. The molecule has 146 valence electrons. The summed E-state index contributed by atoms with van der Waals surface area (Å²) in [5, 5.41) is 4.09. The van der Waals surface area contributed by atoms with Crippen molar-refractivity contribution in [2.24, 2.45) is 0 Å². The van der Waals surface area contributed by atoms with E-state index in [9.17, 15) is 4.79 Å². The molecule has 0 bridgehead atoms. The van der Waals surface area contributed by atoms with Crippen LogP contribution in [0.2, 0.25) is 10.0 Å². The van der Waals surface area contributed by atoms with Crippen LogP contribution in [-0.2, 0) is 10.5 Å². The van der Waals surface area contributed by atoms with E-state index < -0.39 is 6.10 Å². The number of rotatable bonds is 9. The highest BCUT2D eigenvalue weighted by molar-refractivity contribution is 7.98. The molecule has 0 saturated heterocycles. The van der Waals surface area contributed by atoms with Gasteiger partial charge in [-0.3, -0.25) is 4.79 Å². The van der Waals surface area contributed by atoms with Crippen molar-refractivity contribution in [3.05, 3.63) is 63.1 Å². The third kappa shape index (κ3) is 7.28. The number of thioether (sulfide) groups is 1. The van der Waals surface area contributed by atoms with E-state index in [2.05, 4.69) is 11.4 Å². The second kappa shape index (κ2) is 10.8. The van der Waals surface area contributed by atoms with Crippen LogP contribution in [0.5, 0.6) is 5.75 Å². The molecule has 6 heteroatoms. The van der Waals surface area contributed by atoms with Gasteiger partial charge in [-0.1, -0.05) is 42.3 Å². The molecule has 0 aliphatic carbocycles. The second-order valence-corrected chi connectivity index (χ2v) is 8.35. The van der Waals surface area contributed by atoms with Gasteiger partial charge in [0.1, 0.15) is 5.75 Å². The van der Waals surface area contributed by atoms with Crippen LogP contribution in [0.4, 0.5) is 0 Å². The van der Waals surface area contributed by atoms with Crippen LogP contribution in [0.3, 0.4) is 0 Å². The standard InChI is InChI=1S/C21H25Cl2NO2S/c1-4-20(26-17-10-14(2)9-15(3)11-17)21(25)24-7-8-27-13-16-5-6-18(22)19(23)12-16/h5-6,9-12,20H,4,7-8,13H2,1-3H3,(H,24,25)/t20-/m1/s1. The molecular weight excluding hydrogens is 401 g/mol. The lowest BCUT2D eigenvalue weighted by atomic mass is 10.1. The molecule has 27 heavy (non-hydrogen) atoms. The van der Waals surface area contributed by atoms with E-state index in [1.807, 2.05) is 45.0 Å². The minimum atomic E-state index is -0.480. The first kappa shape index (κ1) is 21.9. The molecule has 0 fully saturated rings. The Hall–Kier alpha value is -1.36. The Bertz CT molecular complexity index is 763. The third-order valence-electron chi connectivity index (χ3n) is 3.94. The Kier molecular flexibility index (Phi) is 8.81. The molecule has 0 saturated carbocycles. The summed E-state index contributed by atoms with van der Waals surface area (Å²) < 4.78 is 5.89. The minimum Gasteiger partial charge on any atom is -0.481 e. The van der Waals surface area contributed by atoms with Gasteiger partial charge >= 0.3 is 0 Å². The van der Waals surface area contributed by atoms with Crippen LogP contribution >= 0.6 is 35.0 Å². The highest BCUT2D eigenvalue weighted by Gasteiger charge is 2.18. The smallest absolute Gasteiger partial charge is 0.261 e. The van der Waals surface area contributed by atoms with Crippen LogP contribution in [0.1, 0.15) is 30.0 Å². The lowest BCUT2D eigenvalue weighted by Crippen LogP contribution is -2.39. The maximum atomic E-state index is 12.4. The van der Waals surface area contributed by atoms with Gasteiger partial charge in [0.2, 0.25) is 0 Å². The molecule has 2 aromatic carbocycles. The summed E-state index contributed by atoms with van der Waals surface area (Å²) in [6.45, 7) is 6.58. The van der Waals surface area contributed by atoms with E-state index in [4.69, 9.17) is 27.9 Å². The van der Waals surface area contributed by atoms with E-state index in [1.165, 1.54) is 0 Å². The first-order valence-electron chi connectivity index (χ1n) is 8.93. The van der Waals surface area contributed by atoms with E-state index >= 15 is 0 Å². The predicted molar refractivity (Wildman–Crippen MR) is 116 cm³/mol. The maximum absolute atomic E-state index is 12.4. The van der Waals surface area contributed by atoms with Gasteiger partial charge in [0, 0.05) is 18.1 Å². The summed E-state index contributed by atoms with van der Waals surface area (Å²) in [6, 6.07) is 11.6. The number of benzene rings is 2. The fourth-order valence-electron chi connectivity index (χ4n) is 2.67. The van der Waals surface area contributed by atoms with Gasteiger partial charge < -0.3 is 10.1 Å². The normalized spacial score (nSPS) is 11.9. The van der Waals surface area contributed by atoms with Gasteiger partial charge in [0.15, 0.2) is 6.10 Å². The number of carbonyl (C=O) groups excluding carboxylic acids is 1. The van der Waals surface area contributed by atoms with Crippen molar-refractivity contribution in [1.29, 1.82) is 0 Å². The molecule has 0 spiro atoms. The number of nitrogens with one attached hydrogen (secondary N) is 1. The Morgan fingerprint density at radius 2 is 1.81 bits per heavy atom. The third-order valence-corrected chi connectivity index (χ3v) is 5.70. The molecule has 0 heterocycles. The highest BCUT2D eigenvalue weighted by Crippen LogP contribution is 2.24. The Morgan fingerprint density at radius 1 is 1.11 bits per heavy atom. The topological polar surface area (TPSA) is 38.3 Å². The van der Waals surface area contributed by atoms with Crippen LogP contribution < -0.4 is 10.1 Å². The van der Waals surface area contributed by atoms with Crippen LogP contribution in [-0.4, -0.2) is 24.3 Å². The molecular formula is C21H25Cl2NO2S. The Morgan fingerprint density at radius 3 is 2.44 bits per heavy atom. The molecule has 1 N–H and O–H groups in total. The maximum Gasteiger partial charge on any atom is 0.261 e. The largest absolute Gasteiger partial charge is 0.481 e. The van der Waals surface area contributed by atoms with Crippen LogP contribution in [0, 0.1) is 13.8 Å². The van der Waals surface area contributed by atoms with Gasteiger partial charge in [0.05, 0.1) is 10.0 Å². The van der Waals surface area contributed by atoms with Crippen LogP contribution in [0.15, 0.2) is 36.4 Å². The average Bonchev–Trinajstić information content (AvgIpc) is 2.61. The van der Waals surface area contributed by atoms with Crippen molar-refractivity contribution in [2.75, 3.05) is 12.3 Å². The number of amides is 1. The molecule has 3 nitrogen and oxygen atoms in total. The second-order valence-electron chi connectivity index (χ2n) is 6.43. The molecule has 2 rings (SSSR count). The zero-order chi connectivity index (χ0) is 19.8. The summed E-state index contributed by atoms with van der Waals surface area (Å²) in [6.07, 6.45) is 0.140. The number of halogens is 2. The average molecular weight is 426 g/mol. The van der Waals surface area contributed by atoms with Gasteiger partial charge in [-0.15, -0.1) is 0 Å². The molecule has 0 aliphatic rings. The van der Waals surface area contributed by atoms with Gasteiger partial charge in [-0.2, -0.15) is 11.8 Å². The molecule has 2 aromatic rings. The fraction of sp³-hybridized carbons (Fsp3) is 0.381. The van der Waals surface area contributed by atoms with Gasteiger partial charge in [-0.05, 0) is 61.2 Å². The monoisotopic (exact) mass is 425 g/mol. The van der Waals surface area contributed by atoms with E-state index in [0.29, 0.717) is 23.0 Å². The summed E-state index contributed by atoms with van der Waals surface area (Å²) in [4.78, 5) is 12.4. The quantitative estimate of drug-likeness (QED) is 0.514. The highest BCUT2D eigenvalue weighted by atomic mass is 35.5. The summed E-state index contributed by atoms with van der Waals surface area (Å²) in [5.41, 5.74) is 3.36. The zero-order valence-electron chi connectivity index (χ0n) is 15.9. The summed E-state index contributed by atoms with van der Waals surface area (Å²) in [5.74, 6) is 2.30. The van der Waals surface area contributed by atoms with Crippen molar-refractivity contribution in [3.8, 4) is 5.75 Å². The molecule has 0 unspecified atom stereocenters. The van der Waals surface area contributed by atoms with Crippen molar-refractivity contribution >= 4 is 40.9 Å². The van der Waals surface area contributed by atoms with Gasteiger partial charge in [-0.25, -0.2) is 0 Å².